The number of nitrogens with zero attached hydrogens (tertiary/aromatic N) is 1. The smallest absolute Gasteiger partial charge is 0.0541 e. The molecule has 0 atom stereocenters. The summed E-state index contributed by atoms with van der Waals surface area (Å²) in [5, 5.41) is 6.28. The maximum Gasteiger partial charge on any atom is 0.0541 e. The second-order valence-electron chi connectivity index (χ2n) is 14.6. The Bertz CT molecular complexity index is 2860. The summed E-state index contributed by atoms with van der Waals surface area (Å²) < 4.78 is 2.44. The van der Waals surface area contributed by atoms with Crippen molar-refractivity contribution >= 4 is 38.8 Å². The quantitative estimate of drug-likeness (QED) is 0.166. The van der Waals surface area contributed by atoms with E-state index < -0.39 is 0 Å². The first kappa shape index (κ1) is 33.4. The Labute approximate surface area is 328 Å². The Kier molecular flexibility index (Phi) is 8.70. The predicted molar refractivity (Wildman–Crippen MR) is 239 cm³/mol. The average Bonchev–Trinajstić information content (AvgIpc) is 3.61. The fraction of sp³-hybridized carbons (Fsp3) is 0.0370. The van der Waals surface area contributed by atoms with Gasteiger partial charge in [-0.1, -0.05) is 152 Å². The summed E-state index contributed by atoms with van der Waals surface area (Å²) in [6.07, 6.45) is 8.78. The number of aromatic nitrogens is 1. The van der Waals surface area contributed by atoms with Gasteiger partial charge in [0.1, 0.15) is 0 Å². The van der Waals surface area contributed by atoms with E-state index in [4.69, 9.17) is 0 Å². The summed E-state index contributed by atoms with van der Waals surface area (Å²) in [6, 6.07) is 70.4. The van der Waals surface area contributed by atoms with Crippen LogP contribution in [0.1, 0.15) is 18.4 Å². The van der Waals surface area contributed by atoms with E-state index in [1.165, 1.54) is 77.5 Å². The first-order valence-electron chi connectivity index (χ1n) is 19.5. The Morgan fingerprint density at radius 3 is 1.70 bits per heavy atom. The molecule has 1 N–H and O–H groups in total. The highest BCUT2D eigenvalue weighted by Gasteiger charge is 2.17. The lowest BCUT2D eigenvalue weighted by Gasteiger charge is -2.18. The van der Waals surface area contributed by atoms with Crippen LogP contribution in [0.25, 0.3) is 77.6 Å². The second-order valence-corrected chi connectivity index (χ2v) is 14.6. The molecule has 1 aromatic heterocycles. The lowest BCUT2D eigenvalue weighted by atomic mass is 9.92. The molecule has 1 heterocycles. The van der Waals surface area contributed by atoms with Crippen LogP contribution in [-0.4, -0.2) is 4.57 Å². The summed E-state index contributed by atoms with van der Waals surface area (Å²) in [5.74, 6) is 0. The molecule has 1 aliphatic carbocycles. The molecule has 0 unspecified atom stereocenters. The molecule has 0 saturated carbocycles. The highest BCUT2D eigenvalue weighted by atomic mass is 15.0. The van der Waals surface area contributed by atoms with Gasteiger partial charge in [0.15, 0.2) is 0 Å². The molecule has 0 bridgehead atoms. The van der Waals surface area contributed by atoms with Gasteiger partial charge in [-0.25, -0.2) is 0 Å². The first-order valence-corrected chi connectivity index (χ1v) is 19.5. The van der Waals surface area contributed by atoms with Gasteiger partial charge in [0.25, 0.3) is 0 Å². The predicted octanol–water partition coefficient (Wildman–Crippen LogP) is 14.9. The van der Waals surface area contributed by atoms with E-state index >= 15 is 0 Å². The van der Waals surface area contributed by atoms with Gasteiger partial charge in [0.2, 0.25) is 0 Å². The molecule has 0 amide bonds. The van der Waals surface area contributed by atoms with Gasteiger partial charge < -0.3 is 9.88 Å². The minimum absolute atomic E-state index is 1.01. The van der Waals surface area contributed by atoms with Gasteiger partial charge in [0.05, 0.1) is 11.0 Å². The van der Waals surface area contributed by atoms with Crippen LogP contribution >= 0.6 is 0 Å². The topological polar surface area (TPSA) is 17.0 Å². The van der Waals surface area contributed by atoms with Crippen LogP contribution in [0.3, 0.4) is 0 Å². The third-order valence-electron chi connectivity index (χ3n) is 11.0. The van der Waals surface area contributed by atoms with E-state index in [1.54, 1.807) is 0 Å². The SMILES string of the molecule is C1=CCCC(c2cc(-c3ccc4c(c3)c3ccccc3n4-c3cc(-c4ccccc4)cc(-c4ccccc4)c3)ccc2Nc2cccc(-c3ccccc3)c2)=C1. The van der Waals surface area contributed by atoms with Gasteiger partial charge in [-0.2, -0.15) is 0 Å². The third-order valence-corrected chi connectivity index (χ3v) is 11.0. The van der Waals surface area contributed by atoms with E-state index in [2.05, 4.69) is 222 Å². The van der Waals surface area contributed by atoms with Gasteiger partial charge in [0, 0.05) is 33.4 Å². The molecule has 1 aliphatic rings. The van der Waals surface area contributed by atoms with E-state index in [1.807, 2.05) is 0 Å². The second kappa shape index (κ2) is 14.6. The van der Waals surface area contributed by atoms with Crippen molar-refractivity contribution in [1.82, 2.24) is 4.57 Å². The van der Waals surface area contributed by atoms with Gasteiger partial charge in [-0.05, 0) is 124 Å². The van der Waals surface area contributed by atoms with Gasteiger partial charge >= 0.3 is 0 Å². The number of para-hydroxylation sites is 1. The summed E-state index contributed by atoms with van der Waals surface area (Å²) in [7, 11) is 0. The number of rotatable bonds is 8. The number of allylic oxidation sites excluding steroid dienone is 4. The molecule has 10 rings (SSSR count). The molecule has 8 aromatic carbocycles. The number of benzene rings is 8. The Hall–Kier alpha value is -7.16. The Morgan fingerprint density at radius 1 is 0.411 bits per heavy atom. The molecule has 56 heavy (non-hydrogen) atoms. The lowest BCUT2D eigenvalue weighted by molar-refractivity contribution is 1.05. The van der Waals surface area contributed by atoms with Crippen molar-refractivity contribution in [3.8, 4) is 50.2 Å². The summed E-state index contributed by atoms with van der Waals surface area (Å²) in [5.41, 5.74) is 17.9. The van der Waals surface area contributed by atoms with Crippen LogP contribution in [0.2, 0.25) is 0 Å². The van der Waals surface area contributed by atoms with Crippen LogP contribution in [0, 0.1) is 0 Å². The molecule has 2 nitrogen and oxygen atoms in total. The molecule has 0 radical (unpaired) electrons. The van der Waals surface area contributed by atoms with Crippen molar-refractivity contribution in [1.29, 1.82) is 0 Å². The van der Waals surface area contributed by atoms with E-state index in [0.29, 0.717) is 0 Å². The van der Waals surface area contributed by atoms with E-state index in [0.717, 1.165) is 29.9 Å². The van der Waals surface area contributed by atoms with Gasteiger partial charge in [-0.3, -0.25) is 0 Å². The summed E-state index contributed by atoms with van der Waals surface area (Å²) >= 11 is 0. The lowest BCUT2D eigenvalue weighted by Crippen LogP contribution is -1.98. The van der Waals surface area contributed by atoms with Crippen LogP contribution in [-0.2, 0) is 0 Å². The molecule has 0 aliphatic heterocycles. The minimum atomic E-state index is 1.01. The molecule has 0 saturated heterocycles. The standard InChI is InChI=1S/C54H40N2/c1-5-16-38(17-6-1)42-24-15-25-47(33-42)55-52-30-28-43(36-50(52)41-22-11-4-12-23-41)44-29-31-54-51(37-44)49-26-13-14-27-53(49)56(54)48-34-45(39-18-7-2-8-19-39)32-46(35-48)40-20-9-3-10-21-40/h1-11,13-22,24-37,55H,12,23H2. The Morgan fingerprint density at radius 2 is 1.00 bits per heavy atom. The van der Waals surface area contributed by atoms with Crippen LogP contribution in [0.5, 0.6) is 0 Å². The first-order chi connectivity index (χ1) is 27.7. The van der Waals surface area contributed by atoms with Crippen molar-refractivity contribution < 1.29 is 0 Å². The highest BCUT2D eigenvalue weighted by molar-refractivity contribution is 6.10. The molecular formula is C54H40N2. The minimum Gasteiger partial charge on any atom is -0.355 e. The Balaban J connectivity index is 1.09. The normalized spacial score (nSPS) is 12.5. The zero-order valence-electron chi connectivity index (χ0n) is 31.1. The summed E-state index contributed by atoms with van der Waals surface area (Å²) in [4.78, 5) is 0. The van der Waals surface area contributed by atoms with Crippen molar-refractivity contribution in [2.45, 2.75) is 12.8 Å². The van der Waals surface area contributed by atoms with E-state index in [-0.39, 0.29) is 0 Å². The fourth-order valence-electron chi connectivity index (χ4n) is 8.25. The van der Waals surface area contributed by atoms with Crippen molar-refractivity contribution in [3.63, 3.8) is 0 Å². The maximum absolute atomic E-state index is 3.80. The number of nitrogens with one attached hydrogen (secondary N) is 1. The third kappa shape index (κ3) is 6.42. The average molecular weight is 717 g/mol. The fourth-order valence-corrected chi connectivity index (χ4v) is 8.25. The highest BCUT2D eigenvalue weighted by Crippen LogP contribution is 2.40. The number of hydrogen-bond donors (Lipinski definition) is 1. The van der Waals surface area contributed by atoms with Crippen molar-refractivity contribution in [2.24, 2.45) is 0 Å². The zero-order valence-corrected chi connectivity index (χ0v) is 31.1. The van der Waals surface area contributed by atoms with Crippen molar-refractivity contribution in [3.05, 3.63) is 218 Å². The largest absolute Gasteiger partial charge is 0.355 e. The van der Waals surface area contributed by atoms with Crippen LogP contribution < -0.4 is 5.32 Å². The summed E-state index contributed by atoms with van der Waals surface area (Å²) in [6.45, 7) is 0. The van der Waals surface area contributed by atoms with Crippen LogP contribution in [0.4, 0.5) is 11.4 Å². The van der Waals surface area contributed by atoms with E-state index in [9.17, 15) is 0 Å². The number of fused-ring (bicyclic) bond motifs is 3. The van der Waals surface area contributed by atoms with Crippen LogP contribution in [0.15, 0.2) is 212 Å². The monoisotopic (exact) mass is 716 g/mol. The van der Waals surface area contributed by atoms with Crippen molar-refractivity contribution in [2.75, 3.05) is 5.32 Å². The molecule has 0 fully saturated rings. The molecule has 9 aromatic rings. The number of anilines is 2. The number of hydrogen-bond acceptors (Lipinski definition) is 1. The molecule has 0 spiro atoms. The maximum atomic E-state index is 3.80. The van der Waals surface area contributed by atoms with Gasteiger partial charge in [-0.15, -0.1) is 0 Å². The molecule has 2 heteroatoms. The molecular weight excluding hydrogens is 677 g/mol. The molecule has 266 valence electrons. The zero-order chi connectivity index (χ0) is 37.3.